The van der Waals surface area contributed by atoms with Crippen LogP contribution in [-0.4, -0.2) is 54.2 Å². The molecule has 0 aliphatic carbocycles. The van der Waals surface area contributed by atoms with Crippen LogP contribution in [0, 0.1) is 19.8 Å². The molecule has 130 valence electrons. The molecule has 2 atom stereocenters. The molecule has 3 fully saturated rings. The van der Waals surface area contributed by atoms with Crippen molar-refractivity contribution in [2.24, 2.45) is 5.92 Å². The molecule has 0 N–H and O–H groups in total. The number of hydrogen-bond acceptors (Lipinski definition) is 5. The van der Waals surface area contributed by atoms with E-state index in [2.05, 4.69) is 10.1 Å². The number of aromatic nitrogens is 1. The van der Waals surface area contributed by atoms with Gasteiger partial charge < -0.3 is 4.52 Å². The van der Waals surface area contributed by atoms with Crippen molar-refractivity contribution in [3.05, 3.63) is 17.0 Å². The fourth-order valence-corrected chi connectivity index (χ4v) is 5.75. The van der Waals surface area contributed by atoms with E-state index in [4.69, 9.17) is 4.52 Å². The van der Waals surface area contributed by atoms with Crippen LogP contribution in [0.3, 0.4) is 0 Å². The molecule has 23 heavy (non-hydrogen) atoms. The van der Waals surface area contributed by atoms with Gasteiger partial charge in [-0.15, -0.1) is 0 Å². The van der Waals surface area contributed by atoms with Crippen molar-refractivity contribution in [3.63, 3.8) is 0 Å². The van der Waals surface area contributed by atoms with E-state index in [0.717, 1.165) is 49.5 Å². The van der Waals surface area contributed by atoms with E-state index in [-0.39, 0.29) is 11.8 Å². The summed E-state index contributed by atoms with van der Waals surface area (Å²) in [5.41, 5.74) is 2.09. The Balaban J connectivity index is 1.76. The minimum absolute atomic E-state index is 0.116. The summed E-state index contributed by atoms with van der Waals surface area (Å²) < 4.78 is 32.1. The van der Waals surface area contributed by atoms with Crippen LogP contribution in [0.1, 0.15) is 43.2 Å². The number of fused-ring (bicyclic) bond motifs is 4. The average Bonchev–Trinajstić information content (AvgIpc) is 2.70. The lowest BCUT2D eigenvalue weighted by Gasteiger charge is -2.35. The van der Waals surface area contributed by atoms with Gasteiger partial charge in [-0.05, 0) is 39.0 Å². The molecule has 6 nitrogen and oxygen atoms in total. The Morgan fingerprint density at radius 3 is 2.65 bits per heavy atom. The number of aryl methyl sites for hydroxylation is 2. The standard InChI is InChI=1S/C16H27N3O3S/c1-4-7-23(20,21)19-9-14-5-6-15(19)10-18(8-14)11-16-12(2)17-22-13(16)3/h14-15H,4-11H2,1-3H3/t14-,15+/m0/s1. The normalized spacial score (nSPS) is 26.6. The highest BCUT2D eigenvalue weighted by atomic mass is 32.2. The molecule has 2 bridgehead atoms. The van der Waals surface area contributed by atoms with E-state index in [0.29, 0.717) is 18.9 Å². The van der Waals surface area contributed by atoms with E-state index >= 15 is 0 Å². The van der Waals surface area contributed by atoms with Crippen molar-refractivity contribution in [2.75, 3.05) is 25.4 Å². The molecular weight excluding hydrogens is 314 g/mol. The van der Waals surface area contributed by atoms with E-state index in [1.54, 1.807) is 4.31 Å². The summed E-state index contributed by atoms with van der Waals surface area (Å²) in [6.07, 6.45) is 2.78. The van der Waals surface area contributed by atoms with Gasteiger partial charge in [-0.2, -0.15) is 4.31 Å². The molecule has 3 aliphatic heterocycles. The topological polar surface area (TPSA) is 66.7 Å². The second-order valence-electron chi connectivity index (χ2n) is 6.98. The fraction of sp³-hybridized carbons (Fsp3) is 0.812. The van der Waals surface area contributed by atoms with Crippen molar-refractivity contribution < 1.29 is 12.9 Å². The van der Waals surface area contributed by atoms with Crippen molar-refractivity contribution in [3.8, 4) is 0 Å². The Bertz CT molecular complexity index is 636. The Kier molecular flexibility index (Phi) is 4.80. The molecule has 0 unspecified atom stereocenters. The monoisotopic (exact) mass is 341 g/mol. The average molecular weight is 341 g/mol. The van der Waals surface area contributed by atoms with Crippen LogP contribution in [-0.2, 0) is 16.6 Å². The van der Waals surface area contributed by atoms with E-state index in [1.165, 1.54) is 0 Å². The number of nitrogens with zero attached hydrogens (tertiary/aromatic N) is 3. The molecule has 1 aromatic rings. The highest BCUT2D eigenvalue weighted by Crippen LogP contribution is 2.31. The minimum atomic E-state index is -3.11. The third-order valence-electron chi connectivity index (χ3n) is 5.12. The van der Waals surface area contributed by atoms with Crippen LogP contribution in [0.25, 0.3) is 0 Å². The Morgan fingerprint density at radius 2 is 2.00 bits per heavy atom. The summed E-state index contributed by atoms with van der Waals surface area (Å²) in [4.78, 5) is 2.39. The van der Waals surface area contributed by atoms with Crippen molar-refractivity contribution >= 4 is 10.0 Å². The number of piperidine rings is 1. The SMILES string of the molecule is CCCS(=O)(=O)N1C[C@H]2CC[C@@H]1CN(Cc1c(C)noc1C)C2. The summed E-state index contributed by atoms with van der Waals surface area (Å²) in [5, 5.41) is 4.03. The van der Waals surface area contributed by atoms with Gasteiger partial charge in [-0.3, -0.25) is 4.90 Å². The third kappa shape index (κ3) is 3.46. The van der Waals surface area contributed by atoms with E-state index < -0.39 is 10.0 Å². The zero-order valence-corrected chi connectivity index (χ0v) is 15.1. The van der Waals surface area contributed by atoms with Crippen molar-refractivity contribution in [1.82, 2.24) is 14.4 Å². The second kappa shape index (κ2) is 6.53. The quantitative estimate of drug-likeness (QED) is 0.819. The van der Waals surface area contributed by atoms with Gasteiger partial charge in [0.2, 0.25) is 10.0 Å². The third-order valence-corrected chi connectivity index (χ3v) is 7.21. The maximum atomic E-state index is 12.5. The predicted octanol–water partition coefficient (Wildman–Crippen LogP) is 1.93. The highest BCUT2D eigenvalue weighted by molar-refractivity contribution is 7.89. The van der Waals surface area contributed by atoms with Crippen LogP contribution in [0.15, 0.2) is 4.52 Å². The first-order valence-corrected chi connectivity index (χ1v) is 10.1. The smallest absolute Gasteiger partial charge is 0.214 e. The van der Waals surface area contributed by atoms with Gasteiger partial charge in [0.15, 0.2) is 0 Å². The largest absolute Gasteiger partial charge is 0.361 e. The van der Waals surface area contributed by atoms with Crippen molar-refractivity contribution in [2.45, 2.75) is 52.6 Å². The second-order valence-corrected chi connectivity index (χ2v) is 9.02. The van der Waals surface area contributed by atoms with Crippen molar-refractivity contribution in [1.29, 1.82) is 0 Å². The summed E-state index contributed by atoms with van der Waals surface area (Å²) in [5.74, 6) is 1.57. The van der Waals surface area contributed by atoms with Gasteiger partial charge in [-0.1, -0.05) is 12.1 Å². The molecule has 7 heteroatoms. The van der Waals surface area contributed by atoms with Gasteiger partial charge in [0.1, 0.15) is 5.76 Å². The summed E-state index contributed by atoms with van der Waals surface area (Å²) in [6, 6.07) is 0.116. The lowest BCUT2D eigenvalue weighted by atomic mass is 9.97. The molecule has 0 aromatic carbocycles. The molecule has 4 rings (SSSR count). The first-order chi connectivity index (χ1) is 10.9. The van der Waals surface area contributed by atoms with Gasteiger partial charge in [0, 0.05) is 37.8 Å². The molecule has 4 heterocycles. The van der Waals surface area contributed by atoms with Gasteiger partial charge in [-0.25, -0.2) is 8.42 Å². The maximum Gasteiger partial charge on any atom is 0.214 e. The highest BCUT2D eigenvalue weighted by Gasteiger charge is 2.40. The number of hydrogen-bond donors (Lipinski definition) is 0. The van der Waals surface area contributed by atoms with E-state index in [1.807, 2.05) is 20.8 Å². The zero-order chi connectivity index (χ0) is 16.6. The summed E-state index contributed by atoms with van der Waals surface area (Å²) >= 11 is 0. The Hall–Kier alpha value is -0.920. The number of sulfonamides is 1. The van der Waals surface area contributed by atoms with E-state index in [9.17, 15) is 8.42 Å². The lowest BCUT2D eigenvalue weighted by molar-refractivity contribution is 0.225. The molecule has 1 aromatic heterocycles. The predicted molar refractivity (Wildman–Crippen MR) is 88.5 cm³/mol. The van der Waals surface area contributed by atoms with Crippen LogP contribution in [0.5, 0.6) is 0 Å². The zero-order valence-electron chi connectivity index (χ0n) is 14.3. The van der Waals surface area contributed by atoms with Crippen LogP contribution >= 0.6 is 0 Å². The number of rotatable bonds is 5. The summed E-state index contributed by atoms with van der Waals surface area (Å²) in [7, 11) is -3.11. The summed E-state index contributed by atoms with van der Waals surface area (Å²) in [6.45, 7) is 9.09. The Labute approximate surface area is 138 Å². The van der Waals surface area contributed by atoms with Crippen LogP contribution in [0.4, 0.5) is 0 Å². The molecule has 0 saturated carbocycles. The van der Waals surface area contributed by atoms with Gasteiger partial charge >= 0.3 is 0 Å². The minimum Gasteiger partial charge on any atom is -0.361 e. The van der Waals surface area contributed by atoms with Gasteiger partial charge in [0.25, 0.3) is 0 Å². The first kappa shape index (κ1) is 16.9. The first-order valence-electron chi connectivity index (χ1n) is 8.54. The lowest BCUT2D eigenvalue weighted by Crippen LogP contribution is -2.48. The van der Waals surface area contributed by atoms with Crippen LogP contribution < -0.4 is 0 Å². The maximum absolute atomic E-state index is 12.5. The molecular formula is C16H27N3O3S. The molecule has 0 amide bonds. The Morgan fingerprint density at radius 1 is 1.22 bits per heavy atom. The molecule has 3 aliphatic rings. The molecule has 0 radical (unpaired) electrons. The fourth-order valence-electron chi connectivity index (χ4n) is 3.93. The van der Waals surface area contributed by atoms with Crippen LogP contribution in [0.2, 0.25) is 0 Å². The molecule has 0 spiro atoms. The van der Waals surface area contributed by atoms with Gasteiger partial charge in [0.05, 0.1) is 11.4 Å². The molecule has 3 saturated heterocycles.